The molecular weight excluding hydrogens is 214 g/mol. The molecule has 0 aliphatic carbocycles. The second kappa shape index (κ2) is 5.62. The summed E-state index contributed by atoms with van der Waals surface area (Å²) in [6, 6.07) is 5.31. The lowest BCUT2D eigenvalue weighted by Crippen LogP contribution is -2.31. The minimum absolute atomic E-state index is 0.00306. The summed E-state index contributed by atoms with van der Waals surface area (Å²) in [4.78, 5) is 25.4. The Bertz CT molecular complexity index is 434. The van der Waals surface area contributed by atoms with E-state index in [1.54, 1.807) is 23.1 Å². The van der Waals surface area contributed by atoms with Crippen molar-refractivity contribution in [1.82, 2.24) is 4.90 Å². The van der Waals surface area contributed by atoms with Gasteiger partial charge in [-0.2, -0.15) is 0 Å². The first-order chi connectivity index (χ1) is 8.02. The van der Waals surface area contributed by atoms with E-state index in [9.17, 15) is 9.59 Å². The maximum absolute atomic E-state index is 12.2. The molecule has 1 aromatic rings. The highest BCUT2D eigenvalue weighted by Gasteiger charge is 2.17. The van der Waals surface area contributed by atoms with Crippen LogP contribution in [0.25, 0.3) is 0 Å². The predicted octanol–water partition coefficient (Wildman–Crippen LogP) is 2.68. The largest absolute Gasteiger partial charge is 0.339 e. The highest BCUT2D eigenvalue weighted by Crippen LogP contribution is 2.16. The van der Waals surface area contributed by atoms with E-state index in [0.717, 1.165) is 5.56 Å². The molecule has 0 bridgehead atoms. The number of hydrogen-bond acceptors (Lipinski definition) is 2. The van der Waals surface area contributed by atoms with Gasteiger partial charge in [-0.25, -0.2) is 0 Å². The van der Waals surface area contributed by atoms with Gasteiger partial charge >= 0.3 is 0 Å². The molecule has 1 rings (SSSR count). The van der Waals surface area contributed by atoms with Crippen molar-refractivity contribution in [2.24, 2.45) is 0 Å². The van der Waals surface area contributed by atoms with Gasteiger partial charge in [0, 0.05) is 24.2 Å². The molecule has 3 heteroatoms. The van der Waals surface area contributed by atoms with Gasteiger partial charge in [0.05, 0.1) is 0 Å². The highest BCUT2D eigenvalue weighted by atomic mass is 16.2. The molecule has 1 aromatic carbocycles. The zero-order valence-corrected chi connectivity index (χ0v) is 10.9. The van der Waals surface area contributed by atoms with Crippen molar-refractivity contribution < 1.29 is 9.59 Å². The number of carbonyl (C=O) groups is 2. The number of rotatable bonds is 4. The summed E-state index contributed by atoms with van der Waals surface area (Å²) in [5.41, 5.74) is 2.03. The van der Waals surface area contributed by atoms with E-state index in [4.69, 9.17) is 0 Å². The number of amides is 1. The van der Waals surface area contributed by atoms with Crippen molar-refractivity contribution in [2.45, 2.75) is 27.7 Å². The molecule has 0 heterocycles. The lowest BCUT2D eigenvalue weighted by Gasteiger charge is -2.20. The highest BCUT2D eigenvalue weighted by molar-refractivity contribution is 6.01. The average Bonchev–Trinajstić information content (AvgIpc) is 2.30. The number of Topliss-reactive ketones (excluding diaryl/α,β-unsaturated/α-hetero) is 1. The van der Waals surface area contributed by atoms with Crippen LogP contribution in [0.2, 0.25) is 0 Å². The Morgan fingerprint density at radius 3 is 2.12 bits per heavy atom. The van der Waals surface area contributed by atoms with Crippen LogP contribution in [0.15, 0.2) is 18.2 Å². The fourth-order valence-electron chi connectivity index (χ4n) is 1.93. The van der Waals surface area contributed by atoms with Gasteiger partial charge in [-0.1, -0.05) is 12.1 Å². The maximum atomic E-state index is 12.2. The molecule has 92 valence electrons. The lowest BCUT2D eigenvalue weighted by atomic mass is 9.99. The minimum atomic E-state index is -0.00407. The normalized spacial score (nSPS) is 10.1. The van der Waals surface area contributed by atoms with Crippen molar-refractivity contribution in [3.63, 3.8) is 0 Å². The molecular formula is C14H19NO2. The van der Waals surface area contributed by atoms with Crippen LogP contribution in [-0.4, -0.2) is 29.7 Å². The molecule has 0 spiro atoms. The van der Waals surface area contributed by atoms with Gasteiger partial charge in [-0.05, 0) is 39.3 Å². The van der Waals surface area contributed by atoms with Crippen molar-refractivity contribution in [2.75, 3.05) is 13.1 Å². The summed E-state index contributed by atoms with van der Waals surface area (Å²) in [6.45, 7) is 8.61. The van der Waals surface area contributed by atoms with Crippen LogP contribution in [0.4, 0.5) is 0 Å². The number of ketones is 1. The number of hydrogen-bond donors (Lipinski definition) is 0. The smallest absolute Gasteiger partial charge is 0.254 e. The Hall–Kier alpha value is -1.64. The molecule has 0 atom stereocenters. The molecule has 1 amide bonds. The fourth-order valence-corrected chi connectivity index (χ4v) is 1.93. The first kappa shape index (κ1) is 13.4. The molecule has 0 aliphatic heterocycles. The third-order valence-electron chi connectivity index (χ3n) is 2.99. The van der Waals surface area contributed by atoms with Gasteiger partial charge in [-0.15, -0.1) is 0 Å². The molecule has 0 fully saturated rings. The summed E-state index contributed by atoms with van der Waals surface area (Å²) in [7, 11) is 0. The summed E-state index contributed by atoms with van der Waals surface area (Å²) in [5.74, 6) is -0.00713. The Kier molecular flexibility index (Phi) is 4.44. The van der Waals surface area contributed by atoms with E-state index in [-0.39, 0.29) is 11.7 Å². The molecule has 0 aromatic heterocycles. The molecule has 0 N–H and O–H groups in total. The fraction of sp³-hybridized carbons (Fsp3) is 0.429. The van der Waals surface area contributed by atoms with Gasteiger partial charge in [-0.3, -0.25) is 9.59 Å². The van der Waals surface area contributed by atoms with Crippen LogP contribution in [0.3, 0.4) is 0 Å². The van der Waals surface area contributed by atoms with E-state index in [1.807, 2.05) is 20.8 Å². The van der Waals surface area contributed by atoms with Crippen molar-refractivity contribution in [3.05, 3.63) is 34.9 Å². The van der Waals surface area contributed by atoms with E-state index in [2.05, 4.69) is 0 Å². The van der Waals surface area contributed by atoms with Gasteiger partial charge < -0.3 is 4.90 Å². The Morgan fingerprint density at radius 2 is 1.65 bits per heavy atom. The zero-order valence-electron chi connectivity index (χ0n) is 10.9. The van der Waals surface area contributed by atoms with Crippen LogP contribution in [-0.2, 0) is 0 Å². The quantitative estimate of drug-likeness (QED) is 0.750. The predicted molar refractivity (Wildman–Crippen MR) is 68.4 cm³/mol. The van der Waals surface area contributed by atoms with Gasteiger partial charge in [0.15, 0.2) is 5.78 Å². The lowest BCUT2D eigenvalue weighted by molar-refractivity contribution is 0.0772. The maximum Gasteiger partial charge on any atom is 0.254 e. The third-order valence-corrected chi connectivity index (χ3v) is 2.99. The van der Waals surface area contributed by atoms with E-state index >= 15 is 0 Å². The second-order valence-corrected chi connectivity index (χ2v) is 4.01. The molecule has 3 nitrogen and oxygen atoms in total. The molecule has 0 unspecified atom stereocenters. The van der Waals surface area contributed by atoms with Crippen LogP contribution < -0.4 is 0 Å². The monoisotopic (exact) mass is 233 g/mol. The third kappa shape index (κ3) is 2.73. The van der Waals surface area contributed by atoms with Gasteiger partial charge in [0.25, 0.3) is 5.91 Å². The Labute approximate surface area is 102 Å². The SMILES string of the molecule is CCN(CC)C(=O)c1cccc(C(C)=O)c1C. The Balaban J connectivity index is 3.19. The van der Waals surface area contributed by atoms with Gasteiger partial charge in [0.2, 0.25) is 0 Å². The average molecular weight is 233 g/mol. The number of carbonyl (C=O) groups excluding carboxylic acids is 2. The van der Waals surface area contributed by atoms with Crippen LogP contribution in [0.5, 0.6) is 0 Å². The van der Waals surface area contributed by atoms with E-state index in [1.165, 1.54) is 6.92 Å². The van der Waals surface area contributed by atoms with Crippen molar-refractivity contribution in [1.29, 1.82) is 0 Å². The van der Waals surface area contributed by atoms with Crippen LogP contribution in [0, 0.1) is 6.92 Å². The summed E-state index contributed by atoms with van der Waals surface area (Å²) >= 11 is 0. The summed E-state index contributed by atoms with van der Waals surface area (Å²) in [6.07, 6.45) is 0. The Morgan fingerprint density at radius 1 is 1.12 bits per heavy atom. The zero-order chi connectivity index (χ0) is 13.0. The van der Waals surface area contributed by atoms with Crippen molar-refractivity contribution >= 4 is 11.7 Å². The van der Waals surface area contributed by atoms with Crippen molar-refractivity contribution in [3.8, 4) is 0 Å². The summed E-state index contributed by atoms with van der Waals surface area (Å²) in [5, 5.41) is 0. The molecule has 0 aliphatic rings. The van der Waals surface area contributed by atoms with E-state index in [0.29, 0.717) is 24.2 Å². The van der Waals surface area contributed by atoms with Gasteiger partial charge in [0.1, 0.15) is 0 Å². The molecule has 17 heavy (non-hydrogen) atoms. The standard InChI is InChI=1S/C14H19NO2/c1-5-15(6-2)14(17)13-9-7-8-12(10(13)3)11(4)16/h7-9H,5-6H2,1-4H3. The van der Waals surface area contributed by atoms with E-state index < -0.39 is 0 Å². The van der Waals surface area contributed by atoms with Crippen LogP contribution >= 0.6 is 0 Å². The first-order valence-electron chi connectivity index (χ1n) is 5.92. The molecule has 0 saturated carbocycles. The number of nitrogens with zero attached hydrogens (tertiary/aromatic N) is 1. The second-order valence-electron chi connectivity index (χ2n) is 4.01. The summed E-state index contributed by atoms with van der Waals surface area (Å²) < 4.78 is 0. The first-order valence-corrected chi connectivity index (χ1v) is 5.92. The topological polar surface area (TPSA) is 37.4 Å². The minimum Gasteiger partial charge on any atom is -0.339 e. The number of benzene rings is 1. The molecule has 0 saturated heterocycles. The van der Waals surface area contributed by atoms with Crippen LogP contribution in [0.1, 0.15) is 47.1 Å². The molecule has 0 radical (unpaired) electrons.